The van der Waals surface area contributed by atoms with E-state index in [1.165, 1.54) is 0 Å². The minimum absolute atomic E-state index is 0.00451. The van der Waals surface area contributed by atoms with Crippen LogP contribution in [0.5, 0.6) is 0 Å². The van der Waals surface area contributed by atoms with Crippen molar-refractivity contribution in [2.75, 3.05) is 59.4 Å². The molecule has 1 rings (SSSR count). The first-order chi connectivity index (χ1) is 9.11. The Labute approximate surface area is 114 Å². The third-order valence-electron chi connectivity index (χ3n) is 3.20. The lowest BCUT2D eigenvalue weighted by Crippen LogP contribution is -2.45. The van der Waals surface area contributed by atoms with Crippen molar-refractivity contribution in [1.82, 2.24) is 20.4 Å². The summed E-state index contributed by atoms with van der Waals surface area (Å²) in [6.45, 7) is 5.97. The second kappa shape index (κ2) is 8.84. The van der Waals surface area contributed by atoms with Crippen molar-refractivity contribution in [2.24, 2.45) is 5.73 Å². The van der Waals surface area contributed by atoms with E-state index in [2.05, 4.69) is 27.5 Å². The number of hydrogen-bond acceptors (Lipinski definition) is 5. The zero-order valence-corrected chi connectivity index (χ0v) is 11.7. The molecule has 0 radical (unpaired) electrons. The van der Waals surface area contributed by atoms with Crippen LogP contribution in [0.15, 0.2) is 0 Å². The number of amides is 2. The molecule has 0 aliphatic carbocycles. The zero-order valence-electron chi connectivity index (χ0n) is 11.7. The summed E-state index contributed by atoms with van der Waals surface area (Å²) in [7, 11) is 2.13. The van der Waals surface area contributed by atoms with Crippen molar-refractivity contribution in [3.63, 3.8) is 0 Å². The summed E-state index contributed by atoms with van der Waals surface area (Å²) in [5, 5.41) is 5.21. The lowest BCUT2D eigenvalue weighted by atomic mass is 10.3. The normalized spacial score (nSPS) is 17.2. The molecule has 0 unspecified atom stereocenters. The molecule has 1 heterocycles. The van der Waals surface area contributed by atoms with Gasteiger partial charge in [0.2, 0.25) is 11.8 Å². The number of nitrogens with one attached hydrogen (secondary N) is 2. The minimum Gasteiger partial charge on any atom is -0.355 e. The van der Waals surface area contributed by atoms with Crippen LogP contribution < -0.4 is 16.4 Å². The van der Waals surface area contributed by atoms with Crippen LogP contribution in [-0.2, 0) is 9.59 Å². The predicted molar refractivity (Wildman–Crippen MR) is 73.6 cm³/mol. The van der Waals surface area contributed by atoms with Crippen molar-refractivity contribution < 1.29 is 9.59 Å². The standard InChI is InChI=1S/C12H25N5O2/c1-16-5-7-17(8-6-16)4-2-3-14-12(19)10-15-11(18)9-13/h2-10,13H2,1H3,(H,14,19)(H,15,18). The van der Waals surface area contributed by atoms with Crippen molar-refractivity contribution in [1.29, 1.82) is 0 Å². The smallest absolute Gasteiger partial charge is 0.239 e. The minimum atomic E-state index is -0.312. The van der Waals surface area contributed by atoms with Crippen molar-refractivity contribution in [3.8, 4) is 0 Å². The number of hydrogen-bond donors (Lipinski definition) is 3. The molecule has 7 nitrogen and oxygen atoms in total. The molecule has 110 valence electrons. The summed E-state index contributed by atoms with van der Waals surface area (Å²) in [5.41, 5.74) is 5.12. The van der Waals surface area contributed by atoms with E-state index in [4.69, 9.17) is 5.73 Å². The number of piperazine rings is 1. The fraction of sp³-hybridized carbons (Fsp3) is 0.833. The highest BCUT2D eigenvalue weighted by atomic mass is 16.2. The summed E-state index contributed by atoms with van der Waals surface area (Å²) in [6.07, 6.45) is 0.931. The first-order valence-electron chi connectivity index (χ1n) is 6.76. The highest BCUT2D eigenvalue weighted by Gasteiger charge is 2.12. The largest absolute Gasteiger partial charge is 0.355 e. The van der Waals surface area contributed by atoms with Gasteiger partial charge in [0, 0.05) is 32.7 Å². The number of likely N-dealkylation sites (N-methyl/N-ethyl adjacent to an activating group) is 1. The van der Waals surface area contributed by atoms with Gasteiger partial charge in [0.15, 0.2) is 0 Å². The molecular weight excluding hydrogens is 246 g/mol. The van der Waals surface area contributed by atoms with Crippen molar-refractivity contribution >= 4 is 11.8 Å². The van der Waals surface area contributed by atoms with E-state index in [0.717, 1.165) is 39.1 Å². The van der Waals surface area contributed by atoms with E-state index in [0.29, 0.717) is 6.54 Å². The average Bonchev–Trinajstić information content (AvgIpc) is 2.42. The molecule has 0 aromatic heterocycles. The summed E-state index contributed by atoms with van der Waals surface area (Å²) in [4.78, 5) is 26.9. The van der Waals surface area contributed by atoms with Crippen LogP contribution >= 0.6 is 0 Å². The van der Waals surface area contributed by atoms with Gasteiger partial charge >= 0.3 is 0 Å². The molecule has 2 amide bonds. The van der Waals surface area contributed by atoms with Gasteiger partial charge in [0.05, 0.1) is 13.1 Å². The molecule has 4 N–H and O–H groups in total. The Hall–Kier alpha value is -1.18. The van der Waals surface area contributed by atoms with Gasteiger partial charge < -0.3 is 26.2 Å². The highest BCUT2D eigenvalue weighted by Crippen LogP contribution is 1.99. The third-order valence-corrected chi connectivity index (χ3v) is 3.20. The number of nitrogens with zero attached hydrogens (tertiary/aromatic N) is 2. The molecule has 7 heteroatoms. The molecule has 1 aliphatic rings. The number of carbonyl (C=O) groups is 2. The van der Waals surface area contributed by atoms with E-state index < -0.39 is 0 Å². The Kier molecular flexibility index (Phi) is 7.39. The molecule has 1 aliphatic heterocycles. The van der Waals surface area contributed by atoms with Gasteiger partial charge in [0.25, 0.3) is 0 Å². The summed E-state index contributed by atoms with van der Waals surface area (Å²) >= 11 is 0. The monoisotopic (exact) mass is 271 g/mol. The van der Waals surface area contributed by atoms with Crippen LogP contribution in [-0.4, -0.2) is 81.0 Å². The van der Waals surface area contributed by atoms with Gasteiger partial charge in [-0.2, -0.15) is 0 Å². The summed E-state index contributed by atoms with van der Waals surface area (Å²) in [5.74, 6) is -0.479. The number of carbonyl (C=O) groups excluding carboxylic acids is 2. The second-order valence-corrected chi connectivity index (χ2v) is 4.83. The van der Waals surface area contributed by atoms with Crippen LogP contribution in [0, 0.1) is 0 Å². The first kappa shape index (κ1) is 15.9. The van der Waals surface area contributed by atoms with Gasteiger partial charge in [-0.25, -0.2) is 0 Å². The molecule has 19 heavy (non-hydrogen) atoms. The molecular formula is C12H25N5O2. The second-order valence-electron chi connectivity index (χ2n) is 4.83. The fourth-order valence-corrected chi connectivity index (χ4v) is 1.92. The zero-order chi connectivity index (χ0) is 14.1. The fourth-order valence-electron chi connectivity index (χ4n) is 1.92. The van der Waals surface area contributed by atoms with Crippen LogP contribution in [0.1, 0.15) is 6.42 Å². The Morgan fingerprint density at radius 1 is 1.11 bits per heavy atom. The summed E-state index contributed by atoms with van der Waals surface area (Å²) < 4.78 is 0. The van der Waals surface area contributed by atoms with E-state index >= 15 is 0 Å². The van der Waals surface area contributed by atoms with Gasteiger partial charge in [-0.3, -0.25) is 9.59 Å². The summed E-state index contributed by atoms with van der Waals surface area (Å²) in [6, 6.07) is 0. The van der Waals surface area contributed by atoms with Crippen LogP contribution in [0.3, 0.4) is 0 Å². The van der Waals surface area contributed by atoms with E-state index in [-0.39, 0.29) is 24.9 Å². The number of rotatable bonds is 7. The Bertz CT molecular complexity index is 290. The molecule has 0 aromatic carbocycles. The topological polar surface area (TPSA) is 90.7 Å². The maximum atomic E-state index is 11.4. The Morgan fingerprint density at radius 3 is 2.42 bits per heavy atom. The SMILES string of the molecule is CN1CCN(CCCNC(=O)CNC(=O)CN)CC1. The molecule has 1 fully saturated rings. The molecule has 1 saturated heterocycles. The maximum Gasteiger partial charge on any atom is 0.239 e. The van der Waals surface area contributed by atoms with E-state index in [9.17, 15) is 9.59 Å². The molecule has 0 bridgehead atoms. The lowest BCUT2D eigenvalue weighted by molar-refractivity contribution is -0.125. The van der Waals surface area contributed by atoms with Crippen LogP contribution in [0.2, 0.25) is 0 Å². The van der Waals surface area contributed by atoms with Crippen LogP contribution in [0.4, 0.5) is 0 Å². The van der Waals surface area contributed by atoms with Gasteiger partial charge in [-0.05, 0) is 20.0 Å². The lowest BCUT2D eigenvalue weighted by Gasteiger charge is -2.32. The van der Waals surface area contributed by atoms with Gasteiger partial charge in [-0.15, -0.1) is 0 Å². The highest BCUT2D eigenvalue weighted by molar-refractivity contribution is 5.85. The number of nitrogens with two attached hydrogens (primary N) is 1. The molecule has 0 saturated carbocycles. The van der Waals surface area contributed by atoms with E-state index in [1.807, 2.05) is 0 Å². The quantitative estimate of drug-likeness (QED) is 0.458. The van der Waals surface area contributed by atoms with Crippen LogP contribution in [0.25, 0.3) is 0 Å². The Balaban J connectivity index is 1.98. The van der Waals surface area contributed by atoms with Crippen molar-refractivity contribution in [3.05, 3.63) is 0 Å². The van der Waals surface area contributed by atoms with Gasteiger partial charge in [-0.1, -0.05) is 0 Å². The predicted octanol–water partition coefficient (Wildman–Crippen LogP) is -2.18. The molecule has 0 spiro atoms. The van der Waals surface area contributed by atoms with Crippen molar-refractivity contribution in [2.45, 2.75) is 6.42 Å². The molecule has 0 aromatic rings. The van der Waals surface area contributed by atoms with Gasteiger partial charge in [0.1, 0.15) is 0 Å². The third kappa shape index (κ3) is 7.09. The molecule has 0 atom stereocenters. The maximum absolute atomic E-state index is 11.4. The van der Waals surface area contributed by atoms with E-state index in [1.54, 1.807) is 0 Å². The Morgan fingerprint density at radius 2 is 1.79 bits per heavy atom. The first-order valence-corrected chi connectivity index (χ1v) is 6.76. The average molecular weight is 271 g/mol.